The molecule has 0 bridgehead atoms. The van der Waals surface area contributed by atoms with Gasteiger partial charge in [0, 0.05) is 64.9 Å². The monoisotopic (exact) mass is 539 g/mol. The van der Waals surface area contributed by atoms with Crippen LogP contribution >= 0.6 is 24.0 Å². The molecule has 170 valence electrons. The first-order valence-corrected chi connectivity index (χ1v) is 11.0. The van der Waals surface area contributed by atoms with Gasteiger partial charge in [0.25, 0.3) is 0 Å². The Morgan fingerprint density at radius 2 is 1.94 bits per heavy atom. The molecule has 31 heavy (non-hydrogen) atoms. The van der Waals surface area contributed by atoms with E-state index in [0.29, 0.717) is 5.92 Å². The van der Waals surface area contributed by atoms with Gasteiger partial charge in [0.15, 0.2) is 5.96 Å². The summed E-state index contributed by atoms with van der Waals surface area (Å²) in [6.07, 6.45) is 4.09. The Bertz CT molecular complexity index is 804. The lowest BCUT2D eigenvalue weighted by molar-refractivity contribution is -0.0267. The molecule has 7 nitrogen and oxygen atoms in total. The van der Waals surface area contributed by atoms with E-state index in [-0.39, 0.29) is 30.1 Å². The van der Waals surface area contributed by atoms with Gasteiger partial charge in [-0.1, -0.05) is 35.0 Å². The molecule has 2 aliphatic heterocycles. The Hall–Kier alpha value is -1.65. The van der Waals surface area contributed by atoms with Crippen molar-refractivity contribution in [1.29, 1.82) is 0 Å². The van der Waals surface area contributed by atoms with E-state index in [1.54, 1.807) is 6.26 Å². The van der Waals surface area contributed by atoms with Crippen molar-refractivity contribution >= 4 is 29.9 Å². The summed E-state index contributed by atoms with van der Waals surface area (Å²) in [5, 5.41) is 7.65. The lowest BCUT2D eigenvalue weighted by atomic mass is 9.89. The van der Waals surface area contributed by atoms with Gasteiger partial charge in [-0.25, -0.2) is 0 Å². The Labute approximate surface area is 202 Å². The first-order valence-electron chi connectivity index (χ1n) is 11.0. The number of rotatable bonds is 5. The topological polar surface area (TPSA) is 66.1 Å². The van der Waals surface area contributed by atoms with Crippen molar-refractivity contribution in [1.82, 2.24) is 20.3 Å². The van der Waals surface area contributed by atoms with Gasteiger partial charge in [-0.2, -0.15) is 0 Å². The third-order valence-electron chi connectivity index (χ3n) is 6.13. The van der Waals surface area contributed by atoms with Gasteiger partial charge in [-0.05, 0) is 25.3 Å². The van der Waals surface area contributed by atoms with Gasteiger partial charge in [0.05, 0.1) is 11.8 Å². The quantitative estimate of drug-likeness (QED) is 0.357. The van der Waals surface area contributed by atoms with E-state index in [1.165, 1.54) is 17.5 Å². The predicted octanol–water partition coefficient (Wildman–Crippen LogP) is 3.46. The molecule has 3 heterocycles. The van der Waals surface area contributed by atoms with Gasteiger partial charge in [-0.15, -0.1) is 24.0 Å². The molecule has 2 aliphatic rings. The first-order chi connectivity index (χ1) is 14.7. The van der Waals surface area contributed by atoms with E-state index < -0.39 is 0 Å². The van der Waals surface area contributed by atoms with Gasteiger partial charge < -0.3 is 19.5 Å². The van der Waals surface area contributed by atoms with Crippen LogP contribution in [0.5, 0.6) is 0 Å². The zero-order valence-corrected chi connectivity index (χ0v) is 20.8. The fourth-order valence-electron chi connectivity index (χ4n) is 4.40. The molecular weight excluding hydrogens is 505 g/mol. The van der Waals surface area contributed by atoms with Crippen molar-refractivity contribution < 1.29 is 9.26 Å². The van der Waals surface area contributed by atoms with Crippen molar-refractivity contribution in [3.05, 3.63) is 53.4 Å². The molecule has 2 aromatic rings. The molecule has 1 N–H and O–H groups in total. The standard InChI is InChI=1S/C23H33N5O2.HI/c1-18-5-7-19(8-6-18)22-20(4-3-14-29-22)16-25-23(24-2)28-12-10-27(11-13-28)17-21-9-15-30-26-21;/h5-9,15,20,22H,3-4,10-14,16-17H2,1-2H3,(H,24,25);1H. The number of guanidine groups is 1. The van der Waals surface area contributed by atoms with Crippen LogP contribution in [0.2, 0.25) is 0 Å². The fourth-order valence-corrected chi connectivity index (χ4v) is 4.40. The average molecular weight is 539 g/mol. The molecule has 0 aliphatic carbocycles. The van der Waals surface area contributed by atoms with Crippen molar-refractivity contribution in [2.24, 2.45) is 10.9 Å². The number of hydrogen-bond acceptors (Lipinski definition) is 5. The zero-order chi connectivity index (χ0) is 20.8. The van der Waals surface area contributed by atoms with E-state index in [9.17, 15) is 0 Å². The average Bonchev–Trinajstić information content (AvgIpc) is 3.29. The zero-order valence-electron chi connectivity index (χ0n) is 18.5. The number of aryl methyl sites for hydroxylation is 1. The maximum Gasteiger partial charge on any atom is 0.193 e. The Kier molecular flexibility index (Phi) is 9.15. The molecule has 4 rings (SSSR count). The third-order valence-corrected chi connectivity index (χ3v) is 6.13. The van der Waals surface area contributed by atoms with Gasteiger partial charge in [-0.3, -0.25) is 9.89 Å². The summed E-state index contributed by atoms with van der Waals surface area (Å²) < 4.78 is 11.1. The van der Waals surface area contributed by atoms with Crippen molar-refractivity contribution in [2.75, 3.05) is 46.4 Å². The highest BCUT2D eigenvalue weighted by Gasteiger charge is 2.28. The molecule has 2 unspecified atom stereocenters. The Balaban J connectivity index is 0.00000272. The molecule has 0 spiro atoms. The Morgan fingerprint density at radius 3 is 2.61 bits per heavy atom. The molecule has 1 aromatic heterocycles. The lowest BCUT2D eigenvalue weighted by Gasteiger charge is -2.37. The van der Waals surface area contributed by atoms with E-state index in [2.05, 4.69) is 56.5 Å². The summed E-state index contributed by atoms with van der Waals surface area (Å²) in [6, 6.07) is 10.7. The largest absolute Gasteiger partial charge is 0.373 e. The number of aromatic nitrogens is 1. The van der Waals surface area contributed by atoms with Crippen LogP contribution in [0, 0.1) is 12.8 Å². The van der Waals surface area contributed by atoms with Crippen LogP contribution in [0.15, 0.2) is 46.1 Å². The number of hydrogen-bond donors (Lipinski definition) is 1. The van der Waals surface area contributed by atoms with Crippen molar-refractivity contribution in [3.8, 4) is 0 Å². The lowest BCUT2D eigenvalue weighted by Crippen LogP contribution is -2.53. The number of benzene rings is 1. The molecule has 8 heteroatoms. The summed E-state index contributed by atoms with van der Waals surface area (Å²) in [4.78, 5) is 9.31. The van der Waals surface area contributed by atoms with Crippen LogP contribution in [0.25, 0.3) is 0 Å². The summed E-state index contributed by atoms with van der Waals surface area (Å²) in [7, 11) is 1.87. The minimum atomic E-state index is 0. The van der Waals surface area contributed by atoms with Crippen LogP contribution < -0.4 is 5.32 Å². The van der Waals surface area contributed by atoms with Crippen LogP contribution in [-0.4, -0.2) is 67.3 Å². The molecule has 2 saturated heterocycles. The van der Waals surface area contributed by atoms with Gasteiger partial charge >= 0.3 is 0 Å². The smallest absolute Gasteiger partial charge is 0.193 e. The number of piperazine rings is 1. The maximum absolute atomic E-state index is 6.18. The molecule has 0 radical (unpaired) electrons. The highest BCUT2D eigenvalue weighted by Crippen LogP contribution is 2.33. The third kappa shape index (κ3) is 6.43. The van der Waals surface area contributed by atoms with E-state index in [1.807, 2.05) is 13.1 Å². The second-order valence-electron chi connectivity index (χ2n) is 8.29. The molecule has 0 amide bonds. The van der Waals surface area contributed by atoms with E-state index >= 15 is 0 Å². The SMILES string of the molecule is CN=C(NCC1CCCOC1c1ccc(C)cc1)N1CCN(Cc2ccon2)CC1.I. The van der Waals surface area contributed by atoms with Crippen LogP contribution in [0.1, 0.15) is 35.8 Å². The summed E-state index contributed by atoms with van der Waals surface area (Å²) in [5.74, 6) is 1.44. The van der Waals surface area contributed by atoms with Crippen LogP contribution in [0.3, 0.4) is 0 Å². The van der Waals surface area contributed by atoms with Crippen molar-refractivity contribution in [2.45, 2.75) is 32.4 Å². The fraction of sp³-hybridized carbons (Fsp3) is 0.565. The normalized spacial score (nSPS) is 22.8. The number of aliphatic imine (C=N–C) groups is 1. The minimum Gasteiger partial charge on any atom is -0.373 e. The molecule has 1 aromatic carbocycles. The van der Waals surface area contributed by atoms with Gasteiger partial charge in [0.1, 0.15) is 6.26 Å². The van der Waals surface area contributed by atoms with Gasteiger partial charge in [0.2, 0.25) is 0 Å². The summed E-state index contributed by atoms with van der Waals surface area (Å²) in [6.45, 7) is 8.59. The number of ether oxygens (including phenoxy) is 1. The van der Waals surface area contributed by atoms with Crippen LogP contribution in [-0.2, 0) is 11.3 Å². The summed E-state index contributed by atoms with van der Waals surface area (Å²) >= 11 is 0. The van der Waals surface area contributed by atoms with Crippen molar-refractivity contribution in [3.63, 3.8) is 0 Å². The summed E-state index contributed by atoms with van der Waals surface area (Å²) in [5.41, 5.74) is 3.56. The predicted molar refractivity (Wildman–Crippen MR) is 133 cm³/mol. The Morgan fingerprint density at radius 1 is 1.16 bits per heavy atom. The molecular formula is C23H34IN5O2. The second kappa shape index (κ2) is 11.8. The maximum atomic E-state index is 6.18. The van der Waals surface area contributed by atoms with E-state index in [4.69, 9.17) is 9.26 Å². The second-order valence-corrected chi connectivity index (χ2v) is 8.29. The van der Waals surface area contributed by atoms with E-state index in [0.717, 1.165) is 63.9 Å². The highest BCUT2D eigenvalue weighted by atomic mass is 127. The number of nitrogens with one attached hydrogen (secondary N) is 1. The molecule has 0 saturated carbocycles. The number of nitrogens with zero attached hydrogens (tertiary/aromatic N) is 4. The molecule has 2 atom stereocenters. The van der Waals surface area contributed by atoms with Crippen LogP contribution in [0.4, 0.5) is 0 Å². The number of halogens is 1. The highest BCUT2D eigenvalue weighted by molar-refractivity contribution is 14.0. The minimum absolute atomic E-state index is 0. The first kappa shape index (κ1) is 24.0. The molecule has 2 fully saturated rings.